The molecule has 19 heavy (non-hydrogen) atoms. The molecular weight excluding hydrogens is 258 g/mol. The van der Waals surface area contributed by atoms with Crippen molar-refractivity contribution in [3.8, 4) is 0 Å². The van der Waals surface area contributed by atoms with Gasteiger partial charge < -0.3 is 10.3 Å². The Hall–Kier alpha value is -1.06. The number of nitrogens with two attached hydrogens (primary N) is 1. The van der Waals surface area contributed by atoms with Crippen LogP contribution in [0.1, 0.15) is 38.4 Å². The number of hydrogen-bond acceptors (Lipinski definition) is 2. The Morgan fingerprint density at radius 3 is 2.84 bits per heavy atom. The summed E-state index contributed by atoms with van der Waals surface area (Å²) in [6, 6.07) is 5.94. The van der Waals surface area contributed by atoms with Crippen molar-refractivity contribution in [3.63, 3.8) is 0 Å². The number of fused-ring (bicyclic) bond motifs is 1. The molecule has 0 amide bonds. The number of rotatable bonds is 4. The summed E-state index contributed by atoms with van der Waals surface area (Å²) in [6.45, 7) is 3.18. The highest BCUT2D eigenvalue weighted by Gasteiger charge is 2.34. The molecule has 0 unspecified atom stereocenters. The van der Waals surface area contributed by atoms with Gasteiger partial charge >= 0.3 is 0 Å². The molecule has 1 aromatic heterocycles. The van der Waals surface area contributed by atoms with Crippen LogP contribution in [0.3, 0.4) is 0 Å². The van der Waals surface area contributed by atoms with E-state index in [0.717, 1.165) is 48.6 Å². The largest absolute Gasteiger partial charge is 0.328 e. The van der Waals surface area contributed by atoms with E-state index in [1.54, 1.807) is 0 Å². The number of hydrogen-bond donors (Lipinski definition) is 1. The maximum Gasteiger partial charge on any atom is 0.111 e. The van der Waals surface area contributed by atoms with Crippen LogP contribution in [0.4, 0.5) is 0 Å². The summed E-state index contributed by atoms with van der Waals surface area (Å²) in [4.78, 5) is 4.76. The molecule has 0 atom stereocenters. The van der Waals surface area contributed by atoms with Gasteiger partial charge in [-0.25, -0.2) is 4.98 Å². The van der Waals surface area contributed by atoms with Crippen LogP contribution >= 0.6 is 11.6 Å². The van der Waals surface area contributed by atoms with Crippen LogP contribution in [0.25, 0.3) is 11.0 Å². The first-order valence-electron chi connectivity index (χ1n) is 7.05. The van der Waals surface area contributed by atoms with Crippen molar-refractivity contribution in [2.75, 3.05) is 0 Å². The quantitative estimate of drug-likeness (QED) is 0.929. The Kier molecular flexibility index (Phi) is 3.27. The maximum atomic E-state index is 6.37. The van der Waals surface area contributed by atoms with Gasteiger partial charge in [-0.3, -0.25) is 0 Å². The Morgan fingerprint density at radius 1 is 1.42 bits per heavy atom. The number of aromatic nitrogens is 2. The second kappa shape index (κ2) is 4.80. The predicted molar refractivity (Wildman–Crippen MR) is 79.5 cm³/mol. The molecule has 0 saturated heterocycles. The summed E-state index contributed by atoms with van der Waals surface area (Å²) in [5.41, 5.74) is 8.50. The Bertz CT molecular complexity index is 599. The second-order valence-corrected chi connectivity index (χ2v) is 6.14. The van der Waals surface area contributed by atoms with Gasteiger partial charge in [-0.15, -0.1) is 0 Å². The van der Waals surface area contributed by atoms with Crippen LogP contribution in [-0.4, -0.2) is 15.1 Å². The van der Waals surface area contributed by atoms with Crippen LogP contribution in [-0.2, 0) is 13.0 Å². The van der Waals surface area contributed by atoms with Crippen molar-refractivity contribution in [2.24, 2.45) is 5.73 Å². The number of benzene rings is 1. The van der Waals surface area contributed by atoms with Gasteiger partial charge in [-0.2, -0.15) is 0 Å². The third-order valence-corrected chi connectivity index (χ3v) is 4.33. The number of halogens is 1. The molecule has 1 heterocycles. The van der Waals surface area contributed by atoms with E-state index in [9.17, 15) is 0 Å². The van der Waals surface area contributed by atoms with Crippen molar-refractivity contribution in [1.29, 1.82) is 0 Å². The first-order valence-corrected chi connectivity index (χ1v) is 7.43. The molecule has 1 aliphatic carbocycles. The highest BCUT2D eigenvalue weighted by molar-refractivity contribution is 6.31. The van der Waals surface area contributed by atoms with E-state index in [4.69, 9.17) is 22.3 Å². The molecular formula is C15H20ClN3. The highest BCUT2D eigenvalue weighted by Crippen LogP contribution is 2.33. The van der Waals surface area contributed by atoms with Gasteiger partial charge in [-0.05, 0) is 43.9 Å². The first-order chi connectivity index (χ1) is 9.11. The Balaban J connectivity index is 2.03. The molecule has 1 fully saturated rings. The standard InChI is InChI=1S/C15H20ClN3/c1-2-8-19-13-5-4-11(16)9-12(13)18-14(19)10-15(17)6-3-7-15/h4-5,9H,2-3,6-8,10,17H2,1H3. The molecule has 1 aromatic carbocycles. The lowest BCUT2D eigenvalue weighted by Gasteiger charge is -2.37. The van der Waals surface area contributed by atoms with Crippen LogP contribution in [0, 0.1) is 0 Å². The lowest BCUT2D eigenvalue weighted by molar-refractivity contribution is 0.241. The molecule has 0 spiro atoms. The Morgan fingerprint density at radius 2 is 2.21 bits per heavy atom. The molecule has 102 valence electrons. The van der Waals surface area contributed by atoms with Gasteiger partial charge in [0.05, 0.1) is 11.0 Å². The molecule has 4 heteroatoms. The average molecular weight is 278 g/mol. The second-order valence-electron chi connectivity index (χ2n) is 5.71. The highest BCUT2D eigenvalue weighted by atomic mass is 35.5. The predicted octanol–water partition coefficient (Wildman–Crippen LogP) is 3.52. The van der Waals surface area contributed by atoms with Gasteiger partial charge in [0.2, 0.25) is 0 Å². The first kappa shape index (κ1) is 12.9. The third kappa shape index (κ3) is 2.37. The van der Waals surface area contributed by atoms with E-state index in [0.29, 0.717) is 0 Å². The maximum absolute atomic E-state index is 6.37. The van der Waals surface area contributed by atoms with Gasteiger partial charge in [0.25, 0.3) is 0 Å². The smallest absolute Gasteiger partial charge is 0.111 e. The lowest BCUT2D eigenvalue weighted by Crippen LogP contribution is -2.48. The molecule has 1 aliphatic rings. The summed E-state index contributed by atoms with van der Waals surface area (Å²) in [6.07, 6.45) is 5.44. The number of imidazole rings is 1. The van der Waals surface area contributed by atoms with Gasteiger partial charge in [0, 0.05) is 23.5 Å². The van der Waals surface area contributed by atoms with Crippen molar-refractivity contribution in [3.05, 3.63) is 29.0 Å². The normalized spacial score (nSPS) is 17.6. The Labute approximate surface area is 118 Å². The molecule has 3 rings (SSSR count). The average Bonchev–Trinajstić information content (AvgIpc) is 2.65. The minimum Gasteiger partial charge on any atom is -0.328 e. The van der Waals surface area contributed by atoms with Gasteiger partial charge in [-0.1, -0.05) is 18.5 Å². The summed E-state index contributed by atoms with van der Waals surface area (Å²) in [7, 11) is 0. The molecule has 0 radical (unpaired) electrons. The number of aryl methyl sites for hydroxylation is 1. The molecule has 0 aliphatic heterocycles. The van der Waals surface area contributed by atoms with E-state index in [1.807, 2.05) is 12.1 Å². The molecule has 1 saturated carbocycles. The van der Waals surface area contributed by atoms with Crippen molar-refractivity contribution < 1.29 is 0 Å². The van der Waals surface area contributed by atoms with Crippen LogP contribution in [0.5, 0.6) is 0 Å². The topological polar surface area (TPSA) is 43.8 Å². The fourth-order valence-corrected chi connectivity index (χ4v) is 3.05. The molecule has 0 bridgehead atoms. The van der Waals surface area contributed by atoms with E-state index >= 15 is 0 Å². The lowest BCUT2D eigenvalue weighted by atomic mass is 9.75. The SMILES string of the molecule is CCCn1c(CC2(N)CCC2)nc2cc(Cl)ccc21. The van der Waals surface area contributed by atoms with Gasteiger partial charge in [0.15, 0.2) is 0 Å². The van der Waals surface area contributed by atoms with Crippen LogP contribution in [0.15, 0.2) is 18.2 Å². The van der Waals surface area contributed by atoms with Crippen molar-refractivity contribution >= 4 is 22.6 Å². The molecule has 3 nitrogen and oxygen atoms in total. The van der Waals surface area contributed by atoms with Crippen molar-refractivity contribution in [1.82, 2.24) is 9.55 Å². The zero-order valence-corrected chi connectivity index (χ0v) is 12.1. The monoisotopic (exact) mass is 277 g/mol. The fourth-order valence-electron chi connectivity index (χ4n) is 2.88. The van der Waals surface area contributed by atoms with Crippen LogP contribution < -0.4 is 5.73 Å². The summed E-state index contributed by atoms with van der Waals surface area (Å²) < 4.78 is 2.30. The van der Waals surface area contributed by atoms with Crippen LogP contribution in [0.2, 0.25) is 5.02 Å². The molecule has 2 N–H and O–H groups in total. The van der Waals surface area contributed by atoms with E-state index in [-0.39, 0.29) is 5.54 Å². The summed E-state index contributed by atoms with van der Waals surface area (Å²) >= 11 is 6.05. The van der Waals surface area contributed by atoms with Crippen molar-refractivity contribution in [2.45, 2.75) is 51.1 Å². The minimum absolute atomic E-state index is 0.0311. The van der Waals surface area contributed by atoms with E-state index < -0.39 is 0 Å². The van der Waals surface area contributed by atoms with E-state index in [2.05, 4.69) is 17.6 Å². The zero-order chi connectivity index (χ0) is 13.5. The summed E-state index contributed by atoms with van der Waals surface area (Å²) in [5.74, 6) is 1.11. The number of nitrogens with zero attached hydrogens (tertiary/aromatic N) is 2. The van der Waals surface area contributed by atoms with E-state index in [1.165, 1.54) is 11.9 Å². The zero-order valence-electron chi connectivity index (χ0n) is 11.3. The van der Waals surface area contributed by atoms with Gasteiger partial charge in [0.1, 0.15) is 5.82 Å². The molecule has 2 aromatic rings. The summed E-state index contributed by atoms with van der Waals surface area (Å²) in [5, 5.41) is 0.742. The fraction of sp³-hybridized carbons (Fsp3) is 0.533. The minimum atomic E-state index is -0.0311. The third-order valence-electron chi connectivity index (χ3n) is 4.10.